The van der Waals surface area contributed by atoms with E-state index in [1.165, 1.54) is 6.20 Å². The number of ether oxygens (including phenoxy) is 2. The lowest BCUT2D eigenvalue weighted by Crippen LogP contribution is -2.31. The molecule has 0 saturated heterocycles. The predicted octanol–water partition coefficient (Wildman–Crippen LogP) is 3.46. The molecule has 1 N–H and O–H groups in total. The maximum atomic E-state index is 12.8. The first-order valence-electron chi connectivity index (χ1n) is 9.28. The first-order chi connectivity index (χ1) is 14.4. The predicted molar refractivity (Wildman–Crippen MR) is 102 cm³/mol. The lowest BCUT2D eigenvalue weighted by atomic mass is 10.0. The highest BCUT2D eigenvalue weighted by atomic mass is 19.4. The summed E-state index contributed by atoms with van der Waals surface area (Å²) in [5, 5.41) is 7.19. The lowest BCUT2D eigenvalue weighted by molar-refractivity contribution is -0.145. The highest BCUT2D eigenvalue weighted by Crippen LogP contribution is 2.33. The summed E-state index contributed by atoms with van der Waals surface area (Å²) < 4.78 is 49.1. The number of methoxy groups -OCH3 is 2. The van der Waals surface area contributed by atoms with Gasteiger partial charge in [-0.25, -0.2) is 9.97 Å². The fourth-order valence-corrected chi connectivity index (χ4v) is 3.56. The van der Waals surface area contributed by atoms with Crippen LogP contribution in [0.15, 0.2) is 30.6 Å². The van der Waals surface area contributed by atoms with Crippen LogP contribution in [-0.2, 0) is 25.7 Å². The molecule has 1 aliphatic heterocycles. The Morgan fingerprint density at radius 2 is 1.93 bits per heavy atom. The number of nitrogens with one attached hydrogen (secondary N) is 1. The van der Waals surface area contributed by atoms with Crippen molar-refractivity contribution in [3.63, 3.8) is 0 Å². The molecule has 10 heteroatoms. The van der Waals surface area contributed by atoms with E-state index in [4.69, 9.17) is 9.47 Å². The maximum Gasteiger partial charge on any atom is 0.451 e. The molecule has 0 fully saturated rings. The van der Waals surface area contributed by atoms with Crippen molar-refractivity contribution in [2.24, 2.45) is 0 Å². The quantitative estimate of drug-likeness (QED) is 0.683. The molecular formula is C20H20F3N5O2. The molecule has 7 nitrogen and oxygen atoms in total. The Balaban J connectivity index is 1.53. The zero-order chi connectivity index (χ0) is 21.3. The van der Waals surface area contributed by atoms with Gasteiger partial charge in [-0.3, -0.25) is 10.00 Å². The molecule has 0 amide bonds. The van der Waals surface area contributed by atoms with Crippen molar-refractivity contribution in [2.45, 2.75) is 25.7 Å². The summed E-state index contributed by atoms with van der Waals surface area (Å²) >= 11 is 0. The third-order valence-electron chi connectivity index (χ3n) is 5.05. The van der Waals surface area contributed by atoms with Crippen molar-refractivity contribution < 1.29 is 22.6 Å². The summed E-state index contributed by atoms with van der Waals surface area (Å²) in [7, 11) is 3.15. The highest BCUT2D eigenvalue weighted by Gasteiger charge is 2.35. The van der Waals surface area contributed by atoms with Crippen molar-refractivity contribution in [3.8, 4) is 22.8 Å². The molecule has 0 atom stereocenters. The average Bonchev–Trinajstić information content (AvgIpc) is 3.20. The molecule has 1 aromatic carbocycles. The van der Waals surface area contributed by atoms with E-state index >= 15 is 0 Å². The number of alkyl halides is 3. The highest BCUT2D eigenvalue weighted by molar-refractivity contribution is 5.66. The van der Waals surface area contributed by atoms with E-state index < -0.39 is 12.0 Å². The Labute approximate surface area is 170 Å². The Kier molecular flexibility index (Phi) is 5.33. The Morgan fingerprint density at radius 1 is 1.13 bits per heavy atom. The number of benzene rings is 1. The van der Waals surface area contributed by atoms with Gasteiger partial charge in [-0.1, -0.05) is 0 Å². The van der Waals surface area contributed by atoms with E-state index in [0.717, 1.165) is 16.8 Å². The molecule has 3 heterocycles. The van der Waals surface area contributed by atoms with E-state index in [1.54, 1.807) is 20.4 Å². The number of halogens is 3. The summed E-state index contributed by atoms with van der Waals surface area (Å²) in [6.07, 6.45) is -1.06. The van der Waals surface area contributed by atoms with Crippen molar-refractivity contribution in [3.05, 3.63) is 53.2 Å². The van der Waals surface area contributed by atoms with E-state index in [2.05, 4.69) is 25.1 Å². The average molecular weight is 419 g/mol. The number of aromatic amines is 1. The molecule has 0 radical (unpaired) electrons. The van der Waals surface area contributed by atoms with Crippen LogP contribution in [0.3, 0.4) is 0 Å². The minimum atomic E-state index is -4.53. The largest absolute Gasteiger partial charge is 0.493 e. The van der Waals surface area contributed by atoms with Crippen LogP contribution >= 0.6 is 0 Å². The Morgan fingerprint density at radius 3 is 2.67 bits per heavy atom. The van der Waals surface area contributed by atoms with Crippen molar-refractivity contribution >= 4 is 0 Å². The van der Waals surface area contributed by atoms with Gasteiger partial charge in [-0.05, 0) is 18.2 Å². The number of nitrogens with zero attached hydrogens (tertiary/aromatic N) is 4. The van der Waals surface area contributed by atoms with Crippen LogP contribution in [0.25, 0.3) is 11.3 Å². The first-order valence-corrected chi connectivity index (χ1v) is 9.28. The van der Waals surface area contributed by atoms with Crippen LogP contribution in [0.1, 0.15) is 22.6 Å². The second kappa shape index (κ2) is 7.94. The van der Waals surface area contributed by atoms with Gasteiger partial charge < -0.3 is 9.47 Å². The number of rotatable bonds is 5. The fourth-order valence-electron chi connectivity index (χ4n) is 3.56. The molecule has 2 aromatic heterocycles. The molecule has 0 unspecified atom stereocenters. The van der Waals surface area contributed by atoms with E-state index in [-0.39, 0.29) is 0 Å². The van der Waals surface area contributed by atoms with E-state index in [0.29, 0.717) is 48.8 Å². The first kappa shape index (κ1) is 20.1. The number of aromatic nitrogens is 4. The number of hydrogen-bond acceptors (Lipinski definition) is 6. The smallest absolute Gasteiger partial charge is 0.451 e. The second-order valence-corrected chi connectivity index (χ2v) is 6.96. The van der Waals surface area contributed by atoms with E-state index in [9.17, 15) is 13.2 Å². The fraction of sp³-hybridized carbons (Fsp3) is 0.350. The molecule has 158 valence electrons. The minimum Gasteiger partial charge on any atom is -0.493 e. The van der Waals surface area contributed by atoms with Gasteiger partial charge in [-0.15, -0.1) is 0 Å². The summed E-state index contributed by atoms with van der Waals surface area (Å²) in [6.45, 7) is 1.66. The summed E-state index contributed by atoms with van der Waals surface area (Å²) in [5.41, 5.74) is 3.89. The zero-order valence-electron chi connectivity index (χ0n) is 16.5. The van der Waals surface area contributed by atoms with Gasteiger partial charge in [-0.2, -0.15) is 18.3 Å². The summed E-state index contributed by atoms with van der Waals surface area (Å²) in [5.74, 6) is 0.161. The van der Waals surface area contributed by atoms with Crippen LogP contribution in [0, 0.1) is 0 Å². The van der Waals surface area contributed by atoms with Gasteiger partial charge in [0, 0.05) is 48.9 Å². The second-order valence-electron chi connectivity index (χ2n) is 6.96. The van der Waals surface area contributed by atoms with Gasteiger partial charge in [0.05, 0.1) is 31.8 Å². The lowest BCUT2D eigenvalue weighted by Gasteiger charge is -2.28. The maximum absolute atomic E-state index is 12.8. The topological polar surface area (TPSA) is 76.2 Å². The van der Waals surface area contributed by atoms with E-state index in [1.807, 2.05) is 18.2 Å². The van der Waals surface area contributed by atoms with Crippen LogP contribution in [-0.4, -0.2) is 45.8 Å². The van der Waals surface area contributed by atoms with Gasteiger partial charge >= 0.3 is 6.18 Å². The zero-order valence-corrected chi connectivity index (χ0v) is 16.5. The van der Waals surface area contributed by atoms with Gasteiger partial charge in [0.15, 0.2) is 11.5 Å². The number of H-pyrrole nitrogens is 1. The van der Waals surface area contributed by atoms with Crippen molar-refractivity contribution in [2.75, 3.05) is 20.8 Å². The molecule has 30 heavy (non-hydrogen) atoms. The molecule has 0 spiro atoms. The Bertz CT molecular complexity index is 1050. The van der Waals surface area contributed by atoms with Gasteiger partial charge in [0.25, 0.3) is 0 Å². The molecule has 0 saturated carbocycles. The monoisotopic (exact) mass is 419 g/mol. The van der Waals surface area contributed by atoms with Crippen LogP contribution < -0.4 is 9.47 Å². The molecule has 3 aromatic rings. The summed E-state index contributed by atoms with van der Waals surface area (Å²) in [6, 6.07) is 5.61. The molecule has 4 rings (SSSR count). The molecular weight excluding hydrogens is 399 g/mol. The normalized spacial score (nSPS) is 14.4. The molecule has 0 bridgehead atoms. The van der Waals surface area contributed by atoms with Crippen LogP contribution in [0.5, 0.6) is 11.5 Å². The summed E-state index contributed by atoms with van der Waals surface area (Å²) in [4.78, 5) is 9.33. The van der Waals surface area contributed by atoms with Crippen molar-refractivity contribution in [1.82, 2.24) is 25.1 Å². The molecule has 0 aliphatic carbocycles. The Hall–Kier alpha value is -3.14. The number of fused-ring (bicyclic) bond motifs is 1. The molecule has 1 aliphatic rings. The SMILES string of the molecule is COc1ccc(-c2[nH]ncc2CN2CCc3nc(C(F)(F)F)ncc3C2)cc1OC. The van der Waals surface area contributed by atoms with Gasteiger partial charge in [0.2, 0.25) is 5.82 Å². The van der Waals surface area contributed by atoms with Crippen LogP contribution in [0.4, 0.5) is 13.2 Å². The third kappa shape index (κ3) is 3.95. The van der Waals surface area contributed by atoms with Crippen LogP contribution in [0.2, 0.25) is 0 Å². The third-order valence-corrected chi connectivity index (χ3v) is 5.05. The minimum absolute atomic E-state index is 0.435. The number of hydrogen-bond donors (Lipinski definition) is 1. The van der Waals surface area contributed by atoms with Crippen molar-refractivity contribution in [1.29, 1.82) is 0 Å². The standard InChI is InChI=1S/C20H20F3N5O2/c1-29-16-4-3-12(7-17(16)30-2)18-14(9-25-27-18)11-28-6-5-15-13(10-28)8-24-19(26-15)20(21,22)23/h3-4,7-9H,5-6,10-11H2,1-2H3,(H,25,27). The van der Waals surface area contributed by atoms with Gasteiger partial charge in [0.1, 0.15) is 0 Å².